The lowest BCUT2D eigenvalue weighted by atomic mass is 10.2. The summed E-state index contributed by atoms with van der Waals surface area (Å²) in [7, 11) is 0. The Morgan fingerprint density at radius 1 is 1.27 bits per heavy atom. The van der Waals surface area contributed by atoms with Gasteiger partial charge in [0.1, 0.15) is 11.5 Å². The van der Waals surface area contributed by atoms with Gasteiger partial charge in [-0.05, 0) is 18.2 Å². The fourth-order valence-corrected chi connectivity index (χ4v) is 3.16. The zero-order chi connectivity index (χ0) is 18.4. The highest BCUT2D eigenvalue weighted by atomic mass is 32.1. The van der Waals surface area contributed by atoms with Crippen molar-refractivity contribution in [1.29, 1.82) is 0 Å². The number of ether oxygens (including phenoxy) is 1. The average Bonchev–Trinajstić information content (AvgIpc) is 3.11. The van der Waals surface area contributed by atoms with Crippen molar-refractivity contribution >= 4 is 28.3 Å². The third-order valence-electron chi connectivity index (χ3n) is 3.86. The van der Waals surface area contributed by atoms with Gasteiger partial charge in [0.2, 0.25) is 0 Å². The number of hydrogen-bond acceptors (Lipinski definition) is 6. The minimum absolute atomic E-state index is 0.191. The van der Waals surface area contributed by atoms with E-state index >= 15 is 0 Å². The third-order valence-corrected chi connectivity index (χ3v) is 4.62. The van der Waals surface area contributed by atoms with E-state index in [1.807, 2.05) is 0 Å². The van der Waals surface area contributed by atoms with Crippen molar-refractivity contribution < 1.29 is 18.7 Å². The molecule has 0 spiro atoms. The van der Waals surface area contributed by atoms with Gasteiger partial charge in [0.15, 0.2) is 5.13 Å². The number of carbonyl (C=O) groups excluding carboxylic acids is 2. The molecule has 0 radical (unpaired) electrons. The number of aromatic nitrogens is 1. The van der Waals surface area contributed by atoms with Crippen molar-refractivity contribution in [1.82, 2.24) is 15.2 Å². The van der Waals surface area contributed by atoms with Crippen LogP contribution in [0.25, 0.3) is 0 Å². The molecule has 1 aliphatic rings. The molecular weight excluding hydrogens is 359 g/mol. The van der Waals surface area contributed by atoms with Crippen molar-refractivity contribution in [3.63, 3.8) is 0 Å². The lowest BCUT2D eigenvalue weighted by Crippen LogP contribution is -2.41. The monoisotopic (exact) mass is 378 g/mol. The lowest BCUT2D eigenvalue weighted by molar-refractivity contribution is 0.0383. The van der Waals surface area contributed by atoms with Crippen LogP contribution >= 0.6 is 11.3 Å². The van der Waals surface area contributed by atoms with Gasteiger partial charge in [0, 0.05) is 37.1 Å². The number of thiazole rings is 1. The Bertz CT molecular complexity index is 777. The first-order valence-corrected chi connectivity index (χ1v) is 9.10. The van der Waals surface area contributed by atoms with E-state index < -0.39 is 11.7 Å². The molecule has 0 bridgehead atoms. The van der Waals surface area contributed by atoms with E-state index in [1.54, 1.807) is 5.38 Å². The van der Waals surface area contributed by atoms with Crippen molar-refractivity contribution in [2.75, 3.05) is 44.7 Å². The van der Waals surface area contributed by atoms with E-state index in [0.717, 1.165) is 37.0 Å². The standard InChI is InChI=1S/C17H19FN4O3S/c18-13-3-1-2-12(10-13)15(23)21-17-20-14(11-26-17)16(24)19-4-5-22-6-8-25-9-7-22/h1-3,10-11H,4-9H2,(H,19,24)(H,20,21,23). The fraction of sp³-hybridized carbons (Fsp3) is 0.353. The lowest BCUT2D eigenvalue weighted by Gasteiger charge is -2.26. The molecule has 0 unspecified atom stereocenters. The van der Waals surface area contributed by atoms with Gasteiger partial charge in [0.25, 0.3) is 11.8 Å². The number of nitrogens with one attached hydrogen (secondary N) is 2. The molecule has 0 saturated carbocycles. The van der Waals surface area contributed by atoms with E-state index in [-0.39, 0.29) is 22.3 Å². The molecule has 1 saturated heterocycles. The molecule has 1 aliphatic heterocycles. The second-order valence-corrected chi connectivity index (χ2v) is 6.57. The number of nitrogens with zero attached hydrogens (tertiary/aromatic N) is 2. The second kappa shape index (κ2) is 8.84. The van der Waals surface area contributed by atoms with Crippen LogP contribution in [0.3, 0.4) is 0 Å². The summed E-state index contributed by atoms with van der Waals surface area (Å²) < 4.78 is 18.4. The van der Waals surface area contributed by atoms with Crippen LogP contribution in [0.15, 0.2) is 29.6 Å². The Morgan fingerprint density at radius 2 is 2.08 bits per heavy atom. The van der Waals surface area contributed by atoms with Gasteiger partial charge in [-0.3, -0.25) is 19.8 Å². The van der Waals surface area contributed by atoms with Crippen molar-refractivity contribution in [2.24, 2.45) is 0 Å². The van der Waals surface area contributed by atoms with Crippen LogP contribution in [0.5, 0.6) is 0 Å². The zero-order valence-corrected chi connectivity index (χ0v) is 14.9. The molecule has 2 amide bonds. The first-order valence-electron chi connectivity index (χ1n) is 8.22. The van der Waals surface area contributed by atoms with E-state index in [0.29, 0.717) is 19.8 Å². The molecule has 0 atom stereocenters. The highest BCUT2D eigenvalue weighted by Gasteiger charge is 2.15. The summed E-state index contributed by atoms with van der Waals surface area (Å²) >= 11 is 1.14. The molecule has 2 heterocycles. The Morgan fingerprint density at radius 3 is 2.85 bits per heavy atom. The summed E-state index contributed by atoms with van der Waals surface area (Å²) in [6, 6.07) is 5.37. The summed E-state index contributed by atoms with van der Waals surface area (Å²) in [6.07, 6.45) is 0. The summed E-state index contributed by atoms with van der Waals surface area (Å²) in [5.74, 6) is -1.25. The van der Waals surface area contributed by atoms with Crippen molar-refractivity contribution in [3.05, 3.63) is 46.7 Å². The minimum atomic E-state index is -0.489. The third kappa shape index (κ3) is 5.07. The smallest absolute Gasteiger partial charge is 0.270 e. The second-order valence-electron chi connectivity index (χ2n) is 5.71. The van der Waals surface area contributed by atoms with Crippen LogP contribution in [0.4, 0.5) is 9.52 Å². The molecule has 1 aromatic carbocycles. The van der Waals surface area contributed by atoms with Crippen molar-refractivity contribution in [3.8, 4) is 0 Å². The maximum atomic E-state index is 13.2. The molecule has 0 aliphatic carbocycles. The van der Waals surface area contributed by atoms with E-state index in [1.165, 1.54) is 18.2 Å². The number of halogens is 1. The van der Waals surface area contributed by atoms with Gasteiger partial charge in [-0.2, -0.15) is 0 Å². The molecule has 1 fully saturated rings. The Kier molecular flexibility index (Phi) is 6.26. The van der Waals surface area contributed by atoms with Crippen LogP contribution in [-0.2, 0) is 4.74 Å². The van der Waals surface area contributed by atoms with Crippen LogP contribution in [0.1, 0.15) is 20.8 Å². The zero-order valence-electron chi connectivity index (χ0n) is 14.0. The molecule has 2 N–H and O–H groups in total. The van der Waals surface area contributed by atoms with Gasteiger partial charge in [0.05, 0.1) is 13.2 Å². The predicted octanol–water partition coefficient (Wildman–Crippen LogP) is 1.60. The van der Waals surface area contributed by atoms with Gasteiger partial charge in [-0.25, -0.2) is 9.37 Å². The summed E-state index contributed by atoms with van der Waals surface area (Å²) in [6.45, 7) is 4.43. The van der Waals surface area contributed by atoms with Gasteiger partial charge < -0.3 is 10.1 Å². The number of morpholine rings is 1. The molecular formula is C17H19FN4O3S. The van der Waals surface area contributed by atoms with Crippen LogP contribution in [-0.4, -0.2) is 61.1 Å². The maximum absolute atomic E-state index is 13.2. The highest BCUT2D eigenvalue weighted by molar-refractivity contribution is 7.14. The van der Waals surface area contributed by atoms with Crippen LogP contribution < -0.4 is 10.6 Å². The summed E-state index contributed by atoms with van der Waals surface area (Å²) in [4.78, 5) is 30.5. The molecule has 9 heteroatoms. The van der Waals surface area contributed by atoms with Crippen LogP contribution in [0, 0.1) is 5.82 Å². The minimum Gasteiger partial charge on any atom is -0.379 e. The topological polar surface area (TPSA) is 83.6 Å². The number of amides is 2. The molecule has 2 aromatic rings. The molecule has 138 valence electrons. The van der Waals surface area contributed by atoms with E-state index in [4.69, 9.17) is 4.74 Å². The first-order chi connectivity index (χ1) is 12.6. The number of benzene rings is 1. The molecule has 7 nitrogen and oxygen atoms in total. The predicted molar refractivity (Wildman–Crippen MR) is 96.1 cm³/mol. The summed E-state index contributed by atoms with van der Waals surface area (Å²) in [5.41, 5.74) is 0.434. The van der Waals surface area contributed by atoms with Gasteiger partial charge in [-0.15, -0.1) is 11.3 Å². The highest BCUT2D eigenvalue weighted by Crippen LogP contribution is 2.16. The fourth-order valence-electron chi connectivity index (χ4n) is 2.48. The van der Waals surface area contributed by atoms with Crippen molar-refractivity contribution in [2.45, 2.75) is 0 Å². The Balaban J connectivity index is 1.48. The average molecular weight is 378 g/mol. The largest absolute Gasteiger partial charge is 0.379 e. The van der Waals surface area contributed by atoms with E-state index in [9.17, 15) is 14.0 Å². The van der Waals surface area contributed by atoms with Crippen LogP contribution in [0.2, 0.25) is 0 Å². The summed E-state index contributed by atoms with van der Waals surface area (Å²) in [5, 5.41) is 7.24. The maximum Gasteiger partial charge on any atom is 0.270 e. The van der Waals surface area contributed by atoms with Gasteiger partial charge >= 0.3 is 0 Å². The number of hydrogen-bond donors (Lipinski definition) is 2. The number of rotatable bonds is 6. The Labute approximate surface area is 154 Å². The van der Waals surface area contributed by atoms with E-state index in [2.05, 4.69) is 20.5 Å². The SMILES string of the molecule is O=C(Nc1nc(C(=O)NCCN2CCOCC2)cs1)c1cccc(F)c1. The number of anilines is 1. The number of carbonyl (C=O) groups is 2. The van der Waals surface area contributed by atoms with Gasteiger partial charge in [-0.1, -0.05) is 6.07 Å². The molecule has 3 rings (SSSR count). The normalized spacial score (nSPS) is 14.8. The first kappa shape index (κ1) is 18.4. The molecule has 1 aromatic heterocycles. The Hall–Kier alpha value is -2.36. The quantitative estimate of drug-likeness (QED) is 0.798. The molecule has 26 heavy (non-hydrogen) atoms.